The molecule has 1 atom stereocenters. The first-order chi connectivity index (χ1) is 18.4. The van der Waals surface area contributed by atoms with E-state index < -0.39 is 12.0 Å². The highest BCUT2D eigenvalue weighted by Gasteiger charge is 2.30. The Morgan fingerprint density at radius 2 is 1.71 bits per heavy atom. The van der Waals surface area contributed by atoms with Crippen molar-refractivity contribution in [2.45, 2.75) is 69.7 Å². The number of hydrogen-bond acceptors (Lipinski definition) is 7. The van der Waals surface area contributed by atoms with Gasteiger partial charge in [-0.05, 0) is 86.3 Å². The zero-order chi connectivity index (χ0) is 26.8. The van der Waals surface area contributed by atoms with Crippen LogP contribution >= 0.6 is 11.8 Å². The predicted molar refractivity (Wildman–Crippen MR) is 148 cm³/mol. The van der Waals surface area contributed by atoms with Crippen molar-refractivity contribution in [1.29, 1.82) is 0 Å². The highest BCUT2D eigenvalue weighted by molar-refractivity contribution is 7.99. The number of carbonyl (C=O) groups is 1. The van der Waals surface area contributed by atoms with Crippen molar-refractivity contribution in [3.8, 4) is 5.75 Å². The summed E-state index contributed by atoms with van der Waals surface area (Å²) in [5, 5.41) is 13.9. The molecule has 2 fully saturated rings. The van der Waals surface area contributed by atoms with Crippen molar-refractivity contribution >= 4 is 28.7 Å². The minimum Gasteiger partial charge on any atom is -0.497 e. The average molecular weight is 539 g/mol. The lowest BCUT2D eigenvalue weighted by molar-refractivity contribution is -0.130. The Labute approximate surface area is 225 Å². The van der Waals surface area contributed by atoms with Crippen LogP contribution in [0.25, 0.3) is 11.0 Å². The number of aryl methyl sites for hydroxylation is 1. The van der Waals surface area contributed by atoms with Gasteiger partial charge < -0.3 is 15.2 Å². The lowest BCUT2D eigenvalue weighted by Gasteiger charge is -2.32. The van der Waals surface area contributed by atoms with Crippen LogP contribution in [-0.2, 0) is 4.79 Å². The molecule has 1 aromatic carbocycles. The number of thioether (sulfide) groups is 1. The largest absolute Gasteiger partial charge is 0.497 e. The molecule has 1 saturated heterocycles. The Balaban J connectivity index is 1.34. The molecule has 1 aliphatic carbocycles. The molecule has 1 amide bonds. The van der Waals surface area contributed by atoms with Crippen molar-refractivity contribution < 1.29 is 14.6 Å². The number of ether oxygens (including phenoxy) is 1. The third kappa shape index (κ3) is 5.24. The van der Waals surface area contributed by atoms with Crippen molar-refractivity contribution in [3.63, 3.8) is 0 Å². The van der Waals surface area contributed by atoms with Gasteiger partial charge in [0.05, 0.1) is 12.5 Å². The molecule has 38 heavy (non-hydrogen) atoms. The Bertz CT molecular complexity index is 1420. The van der Waals surface area contributed by atoms with Gasteiger partial charge in [0.2, 0.25) is 0 Å². The minimum atomic E-state index is -1.28. The van der Waals surface area contributed by atoms with Gasteiger partial charge in [-0.25, -0.2) is 9.78 Å². The van der Waals surface area contributed by atoms with Crippen molar-refractivity contribution in [2.75, 3.05) is 18.6 Å². The SMILES string of the molecule is COc1ccc(C(O)C(=O)NC2CCC(n3c(=O)c4cc(C)cnc4n(C4CCSCC4)c3=O)CC2)cc1. The number of hydrogen-bond donors (Lipinski definition) is 2. The van der Waals surface area contributed by atoms with E-state index in [4.69, 9.17) is 4.74 Å². The Morgan fingerprint density at radius 1 is 1.05 bits per heavy atom. The number of fused-ring (bicyclic) bond motifs is 1. The highest BCUT2D eigenvalue weighted by atomic mass is 32.2. The second-order valence-electron chi connectivity index (χ2n) is 10.2. The lowest BCUT2D eigenvalue weighted by atomic mass is 9.90. The number of nitrogens with one attached hydrogen (secondary N) is 1. The first-order valence-electron chi connectivity index (χ1n) is 13.2. The van der Waals surface area contributed by atoms with E-state index in [9.17, 15) is 19.5 Å². The number of nitrogens with zero attached hydrogens (tertiary/aromatic N) is 3. The standard InChI is InChI=1S/C28H34N4O5S/c1-17-15-23-25(29-16-17)31(21-11-13-38-14-12-21)28(36)32(27(23)35)20-7-5-19(6-8-20)30-26(34)24(33)18-3-9-22(37-2)10-4-18/h3-4,9-10,15-16,19-21,24,33H,5-8,11-14H2,1-2H3,(H,30,34). The van der Waals surface area contributed by atoms with Crippen LogP contribution in [-0.4, -0.2) is 49.8 Å². The number of aromatic nitrogens is 3. The van der Waals surface area contributed by atoms with E-state index in [0.29, 0.717) is 48.0 Å². The first kappa shape index (κ1) is 26.5. The topological polar surface area (TPSA) is 115 Å². The van der Waals surface area contributed by atoms with Crippen LogP contribution < -0.4 is 21.3 Å². The third-order valence-corrected chi connectivity index (χ3v) is 8.79. The van der Waals surface area contributed by atoms with Gasteiger partial charge in [-0.3, -0.25) is 18.7 Å². The lowest BCUT2D eigenvalue weighted by Crippen LogP contribution is -2.47. The van der Waals surface area contributed by atoms with Crippen LogP contribution in [0.15, 0.2) is 46.1 Å². The fourth-order valence-corrected chi connectivity index (χ4v) is 6.71. The number of benzene rings is 1. The second-order valence-corrected chi connectivity index (χ2v) is 11.5. The maximum absolute atomic E-state index is 13.8. The Morgan fingerprint density at radius 3 is 2.37 bits per heavy atom. The molecule has 9 nitrogen and oxygen atoms in total. The van der Waals surface area contributed by atoms with Crippen LogP contribution in [0.4, 0.5) is 0 Å². The molecule has 2 aliphatic rings. The van der Waals surface area contributed by atoms with Crippen LogP contribution in [0.1, 0.15) is 67.8 Å². The molecule has 3 heterocycles. The number of pyridine rings is 1. The molecule has 10 heteroatoms. The Kier molecular flexibility index (Phi) is 7.90. The predicted octanol–water partition coefficient (Wildman–Crippen LogP) is 3.28. The molecule has 1 aliphatic heterocycles. The molecular formula is C28H34N4O5S. The number of amides is 1. The van der Waals surface area contributed by atoms with E-state index in [1.54, 1.807) is 42.1 Å². The highest BCUT2D eigenvalue weighted by Crippen LogP contribution is 2.30. The van der Waals surface area contributed by atoms with Crippen molar-refractivity contribution in [1.82, 2.24) is 19.4 Å². The second kappa shape index (κ2) is 11.3. The van der Waals surface area contributed by atoms with Gasteiger partial charge in [0.1, 0.15) is 11.4 Å². The number of methoxy groups -OCH3 is 1. The molecule has 2 N–H and O–H groups in total. The summed E-state index contributed by atoms with van der Waals surface area (Å²) in [5.74, 6) is 2.16. The molecule has 2 aromatic heterocycles. The normalized spacial score (nSPS) is 21.2. The fourth-order valence-electron chi connectivity index (χ4n) is 5.63. The number of rotatable bonds is 6. The minimum absolute atomic E-state index is 0.0309. The average Bonchev–Trinajstić information content (AvgIpc) is 2.94. The van der Waals surface area contributed by atoms with E-state index in [2.05, 4.69) is 10.3 Å². The van der Waals surface area contributed by atoms with Crippen LogP contribution in [0.2, 0.25) is 0 Å². The Hall–Kier alpha value is -3.11. The molecule has 0 radical (unpaired) electrons. The van der Waals surface area contributed by atoms with Gasteiger partial charge in [-0.15, -0.1) is 0 Å². The maximum atomic E-state index is 13.8. The summed E-state index contributed by atoms with van der Waals surface area (Å²) in [4.78, 5) is 44.6. The smallest absolute Gasteiger partial charge is 0.333 e. The molecule has 1 unspecified atom stereocenters. The van der Waals surface area contributed by atoms with E-state index >= 15 is 0 Å². The third-order valence-electron chi connectivity index (χ3n) is 7.74. The molecule has 0 spiro atoms. The van der Waals surface area contributed by atoms with E-state index in [1.807, 2.05) is 24.8 Å². The number of carbonyl (C=O) groups excluding carboxylic acids is 1. The summed E-state index contributed by atoms with van der Waals surface area (Å²) in [5.41, 5.74) is 1.29. The van der Waals surface area contributed by atoms with Gasteiger partial charge in [0, 0.05) is 24.3 Å². The maximum Gasteiger partial charge on any atom is 0.333 e. The van der Waals surface area contributed by atoms with Gasteiger partial charge in [0.15, 0.2) is 6.10 Å². The molecular weight excluding hydrogens is 504 g/mol. The van der Waals surface area contributed by atoms with Crippen LogP contribution in [0, 0.1) is 6.92 Å². The summed E-state index contributed by atoms with van der Waals surface area (Å²) in [6.45, 7) is 1.90. The van der Waals surface area contributed by atoms with E-state index in [-0.39, 0.29) is 29.4 Å². The fraction of sp³-hybridized carbons (Fsp3) is 0.500. The molecule has 0 bridgehead atoms. The van der Waals surface area contributed by atoms with Crippen LogP contribution in [0.3, 0.4) is 0 Å². The zero-order valence-electron chi connectivity index (χ0n) is 21.8. The summed E-state index contributed by atoms with van der Waals surface area (Å²) >= 11 is 1.89. The number of aliphatic hydroxyl groups is 1. The molecule has 1 saturated carbocycles. The number of aliphatic hydroxyl groups excluding tert-OH is 1. The molecule has 3 aromatic rings. The summed E-state index contributed by atoms with van der Waals surface area (Å²) in [7, 11) is 1.56. The quantitative estimate of drug-likeness (QED) is 0.495. The van der Waals surface area contributed by atoms with Gasteiger partial charge in [0.25, 0.3) is 11.5 Å². The monoisotopic (exact) mass is 538 g/mol. The molecule has 202 valence electrons. The summed E-state index contributed by atoms with van der Waals surface area (Å²) in [6, 6.07) is 8.22. The summed E-state index contributed by atoms with van der Waals surface area (Å²) < 4.78 is 8.33. The van der Waals surface area contributed by atoms with Crippen LogP contribution in [0.5, 0.6) is 5.75 Å². The zero-order valence-corrected chi connectivity index (χ0v) is 22.6. The van der Waals surface area contributed by atoms with Crippen molar-refractivity contribution in [3.05, 3.63) is 68.5 Å². The van der Waals surface area contributed by atoms with Crippen molar-refractivity contribution in [2.24, 2.45) is 0 Å². The van der Waals surface area contributed by atoms with E-state index in [1.165, 1.54) is 4.57 Å². The van der Waals surface area contributed by atoms with E-state index in [0.717, 1.165) is 29.9 Å². The van der Waals surface area contributed by atoms with Gasteiger partial charge in [-0.2, -0.15) is 11.8 Å². The van der Waals surface area contributed by atoms with Gasteiger partial charge >= 0.3 is 5.69 Å². The molecule has 5 rings (SSSR count). The first-order valence-corrected chi connectivity index (χ1v) is 14.4. The van der Waals surface area contributed by atoms with Gasteiger partial charge in [-0.1, -0.05) is 12.1 Å². The summed E-state index contributed by atoms with van der Waals surface area (Å²) in [6.07, 6.45) is 4.59.